The molecule has 2 N–H and O–H groups in total. The van der Waals surface area contributed by atoms with Crippen LogP contribution in [-0.4, -0.2) is 29.4 Å². The van der Waals surface area contributed by atoms with E-state index in [0.29, 0.717) is 11.3 Å². The summed E-state index contributed by atoms with van der Waals surface area (Å²) in [6.45, 7) is 1.87. The van der Waals surface area contributed by atoms with Crippen LogP contribution in [0.2, 0.25) is 0 Å². The molecular formula is C25H42O4. The number of hydrogen-bond donors (Lipinski definition) is 2. The molecule has 0 unspecified atom stereocenters. The highest BCUT2D eigenvalue weighted by atomic mass is 16.5. The molecule has 0 heterocycles. The number of carboxylic acids is 1. The number of carboxylic acid groups (broad SMARTS) is 1. The van der Waals surface area contributed by atoms with Crippen LogP contribution in [0.4, 0.5) is 0 Å². The van der Waals surface area contributed by atoms with Gasteiger partial charge in [-0.25, -0.2) is 4.79 Å². The monoisotopic (exact) mass is 406 g/mol. The third-order valence-corrected chi connectivity index (χ3v) is 5.61. The quantitative estimate of drug-likeness (QED) is 0.264. The number of rotatable bonds is 18. The zero-order chi connectivity index (χ0) is 21.3. The molecular weight excluding hydrogens is 364 g/mol. The zero-order valence-electron chi connectivity index (χ0n) is 18.6. The van der Waals surface area contributed by atoms with Gasteiger partial charge in [0.15, 0.2) is 0 Å². The minimum Gasteiger partial charge on any atom is -0.496 e. The van der Waals surface area contributed by atoms with Gasteiger partial charge in [-0.2, -0.15) is 0 Å². The van der Waals surface area contributed by atoms with Gasteiger partial charge in [-0.3, -0.25) is 0 Å². The summed E-state index contributed by atoms with van der Waals surface area (Å²) >= 11 is 0. The van der Waals surface area contributed by atoms with Crippen LogP contribution in [0.3, 0.4) is 0 Å². The van der Waals surface area contributed by atoms with Crippen molar-refractivity contribution in [1.82, 2.24) is 0 Å². The summed E-state index contributed by atoms with van der Waals surface area (Å²) in [7, 11) is 1.52. The smallest absolute Gasteiger partial charge is 0.339 e. The molecule has 0 amide bonds. The third-order valence-electron chi connectivity index (χ3n) is 5.61. The largest absolute Gasteiger partial charge is 0.496 e. The summed E-state index contributed by atoms with van der Waals surface area (Å²) in [6, 6.07) is 5.49. The maximum absolute atomic E-state index is 11.5. The Morgan fingerprint density at radius 1 is 0.862 bits per heavy atom. The second kappa shape index (κ2) is 16.3. The van der Waals surface area contributed by atoms with Gasteiger partial charge in [0.2, 0.25) is 0 Å². The Hall–Kier alpha value is -1.55. The molecule has 0 fully saturated rings. The summed E-state index contributed by atoms with van der Waals surface area (Å²) in [5.74, 6) is -0.452. The van der Waals surface area contributed by atoms with Crippen molar-refractivity contribution >= 4 is 5.97 Å². The lowest BCUT2D eigenvalue weighted by Crippen LogP contribution is -2.05. The second-order valence-corrected chi connectivity index (χ2v) is 8.28. The molecule has 1 aromatic carbocycles. The summed E-state index contributed by atoms with van der Waals surface area (Å²) in [5.41, 5.74) is 1.20. The highest BCUT2D eigenvalue weighted by Crippen LogP contribution is 2.24. The first kappa shape index (κ1) is 25.5. The molecule has 0 saturated carbocycles. The second-order valence-electron chi connectivity index (χ2n) is 8.28. The predicted molar refractivity (Wildman–Crippen MR) is 120 cm³/mol. The minimum absolute atomic E-state index is 0.140. The van der Waals surface area contributed by atoms with Crippen molar-refractivity contribution in [3.05, 3.63) is 29.3 Å². The Kier molecular flexibility index (Phi) is 14.3. The Morgan fingerprint density at radius 3 is 1.79 bits per heavy atom. The van der Waals surface area contributed by atoms with Crippen molar-refractivity contribution in [2.45, 2.75) is 109 Å². The average Bonchev–Trinajstić information content (AvgIpc) is 2.70. The molecule has 0 aliphatic carbocycles. The first-order valence-corrected chi connectivity index (χ1v) is 11.6. The fraction of sp³-hybridized carbons (Fsp3) is 0.720. The van der Waals surface area contributed by atoms with Crippen molar-refractivity contribution < 1.29 is 19.7 Å². The lowest BCUT2D eigenvalue weighted by Gasteiger charge is -2.10. The summed E-state index contributed by atoms with van der Waals surface area (Å²) < 4.78 is 5.19. The van der Waals surface area contributed by atoms with E-state index in [2.05, 4.69) is 0 Å². The van der Waals surface area contributed by atoms with Gasteiger partial charge < -0.3 is 14.9 Å². The number of benzene rings is 1. The first-order valence-electron chi connectivity index (χ1n) is 11.6. The fourth-order valence-electron chi connectivity index (χ4n) is 3.90. The van der Waals surface area contributed by atoms with Crippen LogP contribution in [-0.2, 0) is 6.42 Å². The fourth-order valence-corrected chi connectivity index (χ4v) is 3.90. The van der Waals surface area contributed by atoms with E-state index in [1.165, 1.54) is 71.3 Å². The maximum Gasteiger partial charge on any atom is 0.339 e. The van der Waals surface area contributed by atoms with E-state index in [-0.39, 0.29) is 6.10 Å². The third kappa shape index (κ3) is 11.9. The number of aryl methyl sites for hydroxylation is 1. The number of aliphatic hydroxyl groups is 1. The predicted octanol–water partition coefficient (Wildman–Crippen LogP) is 6.78. The summed E-state index contributed by atoms with van der Waals surface area (Å²) in [5, 5.41) is 18.6. The average molecular weight is 407 g/mol. The Labute approximate surface area is 177 Å². The topological polar surface area (TPSA) is 66.8 Å². The van der Waals surface area contributed by atoms with E-state index in [1.54, 1.807) is 6.07 Å². The first-order chi connectivity index (χ1) is 14.1. The van der Waals surface area contributed by atoms with Gasteiger partial charge >= 0.3 is 5.97 Å². The van der Waals surface area contributed by atoms with Crippen LogP contribution < -0.4 is 4.74 Å². The molecule has 0 aliphatic rings. The van der Waals surface area contributed by atoms with Crippen molar-refractivity contribution in [2.24, 2.45) is 0 Å². The van der Waals surface area contributed by atoms with Crippen LogP contribution >= 0.6 is 0 Å². The molecule has 0 aliphatic heterocycles. The van der Waals surface area contributed by atoms with Crippen molar-refractivity contribution in [1.29, 1.82) is 0 Å². The SMILES string of the molecule is COc1cccc(CCCCCCCCCCCCCCC[C@@H](C)O)c1C(=O)O. The van der Waals surface area contributed by atoms with Crippen LogP contribution in [0, 0.1) is 0 Å². The molecule has 0 saturated heterocycles. The van der Waals surface area contributed by atoms with E-state index in [9.17, 15) is 15.0 Å². The Morgan fingerprint density at radius 2 is 1.34 bits per heavy atom. The molecule has 4 nitrogen and oxygen atoms in total. The Balaban J connectivity index is 1.98. The summed E-state index contributed by atoms with van der Waals surface area (Å²) in [4.78, 5) is 11.5. The molecule has 29 heavy (non-hydrogen) atoms. The number of aromatic carboxylic acids is 1. The normalized spacial score (nSPS) is 12.1. The lowest BCUT2D eigenvalue weighted by molar-refractivity contribution is 0.0692. The minimum atomic E-state index is -0.905. The van der Waals surface area contributed by atoms with Gasteiger partial charge in [-0.15, -0.1) is 0 Å². The highest BCUT2D eigenvalue weighted by Gasteiger charge is 2.15. The van der Waals surface area contributed by atoms with E-state index in [4.69, 9.17) is 4.74 Å². The Bertz CT molecular complexity index is 554. The van der Waals surface area contributed by atoms with E-state index >= 15 is 0 Å². The highest BCUT2D eigenvalue weighted by molar-refractivity contribution is 5.92. The van der Waals surface area contributed by atoms with Gasteiger partial charge in [0.25, 0.3) is 0 Å². The van der Waals surface area contributed by atoms with Crippen molar-refractivity contribution in [3.63, 3.8) is 0 Å². The lowest BCUT2D eigenvalue weighted by atomic mass is 9.99. The molecule has 0 bridgehead atoms. The van der Waals surface area contributed by atoms with E-state index < -0.39 is 5.97 Å². The molecule has 166 valence electrons. The number of hydrogen-bond acceptors (Lipinski definition) is 3. The maximum atomic E-state index is 11.5. The van der Waals surface area contributed by atoms with Crippen LogP contribution in [0.15, 0.2) is 18.2 Å². The van der Waals surface area contributed by atoms with Gasteiger partial charge in [0.1, 0.15) is 11.3 Å². The number of aliphatic hydroxyl groups excluding tert-OH is 1. The van der Waals surface area contributed by atoms with Gasteiger partial charge in [0.05, 0.1) is 13.2 Å². The van der Waals surface area contributed by atoms with E-state index in [1.807, 2.05) is 19.1 Å². The van der Waals surface area contributed by atoms with Crippen molar-refractivity contribution in [2.75, 3.05) is 7.11 Å². The van der Waals surface area contributed by atoms with Crippen LogP contribution in [0.5, 0.6) is 5.75 Å². The molecule has 1 aromatic rings. The van der Waals surface area contributed by atoms with Gasteiger partial charge in [-0.1, -0.05) is 89.2 Å². The van der Waals surface area contributed by atoms with Gasteiger partial charge in [0, 0.05) is 0 Å². The van der Waals surface area contributed by atoms with Gasteiger partial charge in [-0.05, 0) is 37.8 Å². The summed E-state index contributed by atoms with van der Waals surface area (Å²) in [6.07, 6.45) is 18.1. The number of ether oxygens (including phenoxy) is 1. The van der Waals surface area contributed by atoms with Crippen molar-refractivity contribution in [3.8, 4) is 5.75 Å². The molecule has 1 atom stereocenters. The number of carbonyl (C=O) groups is 1. The zero-order valence-corrected chi connectivity index (χ0v) is 18.6. The standard InChI is InChI=1S/C25H42O4/c1-21(26)17-14-12-10-8-6-4-3-5-7-9-11-13-15-18-22-19-16-20-23(29-2)24(22)25(27)28/h16,19-21,26H,3-15,17-18H2,1-2H3,(H,27,28)/t21-/m1/s1. The van der Waals surface area contributed by atoms with Crippen LogP contribution in [0.25, 0.3) is 0 Å². The molecule has 0 aromatic heterocycles. The van der Waals surface area contributed by atoms with Crippen LogP contribution in [0.1, 0.15) is 113 Å². The molecule has 0 spiro atoms. The number of methoxy groups -OCH3 is 1. The molecule has 1 rings (SSSR count). The molecule has 0 radical (unpaired) electrons. The van der Waals surface area contributed by atoms with E-state index in [0.717, 1.165) is 37.7 Å². The number of unbranched alkanes of at least 4 members (excludes halogenated alkanes) is 12. The molecule has 4 heteroatoms.